The van der Waals surface area contributed by atoms with Crippen LogP contribution in [0.2, 0.25) is 0 Å². The van der Waals surface area contributed by atoms with Gasteiger partial charge in [0.1, 0.15) is 0 Å². The van der Waals surface area contributed by atoms with Crippen molar-refractivity contribution < 1.29 is 4.79 Å². The van der Waals surface area contributed by atoms with Gasteiger partial charge < -0.3 is 11.1 Å². The molecule has 102 valence electrons. The maximum absolute atomic E-state index is 11.6. The zero-order valence-corrected chi connectivity index (χ0v) is 11.9. The lowest BCUT2D eigenvalue weighted by Gasteiger charge is -2.15. The normalized spacial score (nSPS) is 13.3. The van der Waals surface area contributed by atoms with Crippen molar-refractivity contribution in [2.24, 2.45) is 11.7 Å². The van der Waals surface area contributed by atoms with Crippen molar-refractivity contribution in [2.45, 2.75) is 32.7 Å². The van der Waals surface area contributed by atoms with E-state index in [4.69, 9.17) is 5.73 Å². The van der Waals surface area contributed by atoms with E-state index in [9.17, 15) is 4.79 Å². The molecule has 0 aliphatic heterocycles. The molecule has 2 atom stereocenters. The molecular formula is C14H23ClN2O. The van der Waals surface area contributed by atoms with E-state index < -0.39 is 0 Å². The number of rotatable bonds is 6. The molecule has 3 nitrogen and oxygen atoms in total. The van der Waals surface area contributed by atoms with Gasteiger partial charge in [-0.05, 0) is 25.3 Å². The van der Waals surface area contributed by atoms with Gasteiger partial charge in [-0.1, -0.05) is 37.3 Å². The highest BCUT2D eigenvalue weighted by Crippen LogP contribution is 2.02. The van der Waals surface area contributed by atoms with Crippen LogP contribution in [0, 0.1) is 5.92 Å². The zero-order chi connectivity index (χ0) is 12.7. The molecule has 0 aromatic heterocycles. The molecule has 0 aliphatic rings. The largest absolute Gasteiger partial charge is 0.356 e. The monoisotopic (exact) mass is 270 g/mol. The highest BCUT2D eigenvalue weighted by atomic mass is 35.5. The van der Waals surface area contributed by atoms with Crippen molar-refractivity contribution in [3.8, 4) is 0 Å². The number of carbonyl (C=O) groups is 1. The number of carbonyl (C=O) groups excluding carboxylic acids is 1. The summed E-state index contributed by atoms with van der Waals surface area (Å²) < 4.78 is 0. The predicted molar refractivity (Wildman–Crippen MR) is 77.8 cm³/mol. The van der Waals surface area contributed by atoms with Crippen LogP contribution in [0.5, 0.6) is 0 Å². The molecule has 0 spiro atoms. The minimum Gasteiger partial charge on any atom is -0.356 e. The molecule has 18 heavy (non-hydrogen) atoms. The average Bonchev–Trinajstić information content (AvgIpc) is 2.34. The minimum absolute atomic E-state index is 0. The molecule has 0 heterocycles. The summed E-state index contributed by atoms with van der Waals surface area (Å²) >= 11 is 0. The number of nitrogens with two attached hydrogens (primary N) is 1. The van der Waals surface area contributed by atoms with Crippen LogP contribution in [-0.4, -0.2) is 18.5 Å². The van der Waals surface area contributed by atoms with Crippen LogP contribution in [-0.2, 0) is 11.2 Å². The molecule has 4 heteroatoms. The van der Waals surface area contributed by atoms with Crippen molar-refractivity contribution in [1.82, 2.24) is 5.32 Å². The second kappa shape index (κ2) is 8.95. The summed E-state index contributed by atoms with van der Waals surface area (Å²) in [6.07, 6.45) is 1.95. The molecule has 1 rings (SSSR count). The lowest BCUT2D eigenvalue weighted by Crippen LogP contribution is -2.39. The lowest BCUT2D eigenvalue weighted by molar-refractivity contribution is -0.124. The summed E-state index contributed by atoms with van der Waals surface area (Å²) in [4.78, 5) is 11.6. The summed E-state index contributed by atoms with van der Waals surface area (Å²) in [5.41, 5.74) is 6.98. The Kier molecular flexibility index (Phi) is 8.42. The van der Waals surface area contributed by atoms with Crippen LogP contribution in [0.3, 0.4) is 0 Å². The van der Waals surface area contributed by atoms with Gasteiger partial charge >= 0.3 is 0 Å². The smallest absolute Gasteiger partial charge is 0.224 e. The van der Waals surface area contributed by atoms with E-state index >= 15 is 0 Å². The van der Waals surface area contributed by atoms with Gasteiger partial charge in [-0.15, -0.1) is 12.4 Å². The second-order valence-electron chi connectivity index (χ2n) is 4.53. The summed E-state index contributed by atoms with van der Waals surface area (Å²) in [5.74, 6) is -0.0696. The van der Waals surface area contributed by atoms with E-state index in [0.717, 1.165) is 12.8 Å². The van der Waals surface area contributed by atoms with E-state index in [0.29, 0.717) is 6.54 Å². The van der Waals surface area contributed by atoms with Gasteiger partial charge in [0.2, 0.25) is 5.91 Å². The Morgan fingerprint density at radius 3 is 2.44 bits per heavy atom. The van der Waals surface area contributed by atoms with Gasteiger partial charge in [-0.25, -0.2) is 0 Å². The number of nitrogens with one attached hydrogen (secondary N) is 1. The Hall–Kier alpha value is -1.06. The number of hydrogen-bond acceptors (Lipinski definition) is 2. The third kappa shape index (κ3) is 6.03. The Morgan fingerprint density at radius 1 is 1.28 bits per heavy atom. The topological polar surface area (TPSA) is 55.1 Å². The molecular weight excluding hydrogens is 248 g/mol. The fourth-order valence-corrected chi connectivity index (χ4v) is 1.55. The molecule has 0 bridgehead atoms. The van der Waals surface area contributed by atoms with E-state index in [-0.39, 0.29) is 30.3 Å². The third-order valence-electron chi connectivity index (χ3n) is 2.99. The quantitative estimate of drug-likeness (QED) is 0.778. The Morgan fingerprint density at radius 2 is 1.89 bits per heavy atom. The first-order valence-corrected chi connectivity index (χ1v) is 6.18. The highest BCUT2D eigenvalue weighted by molar-refractivity contribution is 5.85. The molecule has 3 N–H and O–H groups in total. The van der Waals surface area contributed by atoms with Crippen molar-refractivity contribution in [2.75, 3.05) is 6.54 Å². The number of hydrogen-bond donors (Lipinski definition) is 2. The van der Waals surface area contributed by atoms with Gasteiger partial charge in [-0.2, -0.15) is 0 Å². The van der Waals surface area contributed by atoms with Crippen molar-refractivity contribution >= 4 is 18.3 Å². The van der Waals surface area contributed by atoms with Crippen molar-refractivity contribution in [3.63, 3.8) is 0 Å². The van der Waals surface area contributed by atoms with Gasteiger partial charge in [0.15, 0.2) is 0 Å². The van der Waals surface area contributed by atoms with Crippen molar-refractivity contribution in [3.05, 3.63) is 35.9 Å². The first-order chi connectivity index (χ1) is 8.11. The summed E-state index contributed by atoms with van der Waals surface area (Å²) in [6, 6.07) is 10.2. The van der Waals surface area contributed by atoms with Crippen molar-refractivity contribution in [1.29, 1.82) is 0 Å². The van der Waals surface area contributed by atoms with Crippen LogP contribution in [0.1, 0.15) is 25.8 Å². The van der Waals surface area contributed by atoms with Crippen LogP contribution in [0.25, 0.3) is 0 Å². The van der Waals surface area contributed by atoms with E-state index in [1.807, 2.05) is 32.0 Å². The maximum atomic E-state index is 11.6. The molecule has 0 saturated carbocycles. The van der Waals surface area contributed by atoms with E-state index in [2.05, 4.69) is 17.4 Å². The van der Waals surface area contributed by atoms with E-state index in [1.54, 1.807) is 0 Å². The lowest BCUT2D eigenvalue weighted by atomic mass is 10.0. The van der Waals surface area contributed by atoms with Gasteiger partial charge in [0.05, 0.1) is 0 Å². The molecule has 1 aromatic rings. The zero-order valence-electron chi connectivity index (χ0n) is 11.1. The fourth-order valence-electron chi connectivity index (χ4n) is 1.55. The standard InChI is InChI=1S/C14H22N2O.ClH/c1-11(12(2)15)14(17)16-10-6-9-13-7-4-3-5-8-13;/h3-5,7-8,11-12H,6,9-10,15H2,1-2H3,(H,16,17);1H. The number of halogens is 1. The predicted octanol–water partition coefficient (Wildman–Crippen LogP) is 2.14. The molecule has 0 aliphatic carbocycles. The van der Waals surface area contributed by atoms with Crippen LogP contribution in [0.15, 0.2) is 30.3 Å². The average molecular weight is 271 g/mol. The third-order valence-corrected chi connectivity index (χ3v) is 2.99. The number of amides is 1. The van der Waals surface area contributed by atoms with Gasteiger partial charge in [0.25, 0.3) is 0 Å². The van der Waals surface area contributed by atoms with Gasteiger partial charge in [-0.3, -0.25) is 4.79 Å². The molecule has 1 amide bonds. The molecule has 0 radical (unpaired) electrons. The Bertz CT molecular complexity index is 341. The van der Waals surface area contributed by atoms with E-state index in [1.165, 1.54) is 5.56 Å². The SMILES string of the molecule is CC(N)C(C)C(=O)NCCCc1ccccc1.Cl. The molecule has 0 saturated heterocycles. The first kappa shape index (κ1) is 16.9. The van der Waals surface area contributed by atoms with Crippen LogP contribution in [0.4, 0.5) is 0 Å². The number of aryl methyl sites for hydroxylation is 1. The first-order valence-electron chi connectivity index (χ1n) is 6.18. The summed E-state index contributed by atoms with van der Waals surface area (Å²) in [6.45, 7) is 4.43. The molecule has 0 fully saturated rings. The Labute approximate surface area is 116 Å². The summed E-state index contributed by atoms with van der Waals surface area (Å²) in [5, 5.41) is 2.92. The van der Waals surface area contributed by atoms with Crippen LogP contribution < -0.4 is 11.1 Å². The molecule has 2 unspecified atom stereocenters. The van der Waals surface area contributed by atoms with Crippen LogP contribution >= 0.6 is 12.4 Å². The summed E-state index contributed by atoms with van der Waals surface area (Å²) in [7, 11) is 0. The van der Waals surface area contributed by atoms with Gasteiger partial charge in [0, 0.05) is 18.5 Å². The maximum Gasteiger partial charge on any atom is 0.224 e. The Balaban J connectivity index is 0.00000289. The molecule has 1 aromatic carbocycles. The number of benzene rings is 1. The highest BCUT2D eigenvalue weighted by Gasteiger charge is 2.15. The minimum atomic E-state index is -0.119. The fraction of sp³-hybridized carbons (Fsp3) is 0.500. The second-order valence-corrected chi connectivity index (χ2v) is 4.53.